The highest BCUT2D eigenvalue weighted by Gasteiger charge is 2.35. The van der Waals surface area contributed by atoms with E-state index in [9.17, 15) is 4.21 Å². The minimum absolute atomic E-state index is 0.0861. The highest BCUT2D eigenvalue weighted by Crippen LogP contribution is 2.28. The van der Waals surface area contributed by atoms with Gasteiger partial charge in [-0.2, -0.15) is 0 Å². The van der Waals surface area contributed by atoms with Gasteiger partial charge in [0.05, 0.1) is 11.0 Å². The van der Waals surface area contributed by atoms with Crippen LogP contribution in [0, 0.1) is 5.41 Å². The molecule has 14 heavy (non-hydrogen) atoms. The molecule has 2 unspecified atom stereocenters. The average molecular weight is 218 g/mol. The van der Waals surface area contributed by atoms with Crippen LogP contribution in [0.4, 0.5) is 0 Å². The van der Waals surface area contributed by atoms with Crippen LogP contribution in [0.25, 0.3) is 0 Å². The van der Waals surface area contributed by atoms with E-state index < -0.39 is 11.0 Å². The second-order valence-electron chi connectivity index (χ2n) is 5.07. The highest BCUT2D eigenvalue weighted by atomic mass is 32.2. The van der Waals surface area contributed by atoms with Crippen molar-refractivity contribution in [3.05, 3.63) is 0 Å². The summed E-state index contributed by atoms with van der Waals surface area (Å²) in [4.78, 5) is 0. The van der Waals surface area contributed by atoms with Gasteiger partial charge in [0, 0.05) is 24.4 Å². The van der Waals surface area contributed by atoms with E-state index in [0.29, 0.717) is 0 Å². The molecule has 2 atom stereocenters. The molecule has 0 aliphatic carbocycles. The van der Waals surface area contributed by atoms with Crippen LogP contribution in [0.2, 0.25) is 0 Å². The Kier molecular flexibility index (Phi) is 3.72. The molecule has 1 fully saturated rings. The Morgan fingerprint density at radius 1 is 1.50 bits per heavy atom. The average Bonchev–Trinajstić information content (AvgIpc) is 2.08. The molecule has 0 spiro atoms. The van der Waals surface area contributed by atoms with Crippen molar-refractivity contribution in [1.29, 1.82) is 0 Å². The van der Waals surface area contributed by atoms with Crippen LogP contribution in [0.15, 0.2) is 0 Å². The fourth-order valence-corrected chi connectivity index (χ4v) is 3.12. The van der Waals surface area contributed by atoms with Crippen LogP contribution >= 0.6 is 0 Å². The Bertz CT molecular complexity index is 228. The molecule has 84 valence electrons. The number of hydrogen-bond acceptors (Lipinski definition) is 2. The fraction of sp³-hybridized carbons (Fsp3) is 1.00. The Morgan fingerprint density at radius 3 is 2.50 bits per heavy atom. The van der Waals surface area contributed by atoms with Crippen LogP contribution in [0.1, 0.15) is 34.1 Å². The van der Waals surface area contributed by atoms with Gasteiger partial charge in [0.25, 0.3) is 0 Å². The fourth-order valence-electron chi connectivity index (χ4n) is 1.78. The molecule has 1 aliphatic heterocycles. The molecule has 0 bridgehead atoms. The smallest absolute Gasteiger partial charge is 0.0968 e. The lowest BCUT2D eigenvalue weighted by atomic mass is 9.81. The molecule has 0 aromatic carbocycles. The van der Waals surface area contributed by atoms with Crippen molar-refractivity contribution in [1.82, 2.24) is 4.31 Å². The van der Waals surface area contributed by atoms with Gasteiger partial charge in [-0.05, 0) is 25.7 Å². The van der Waals surface area contributed by atoms with Crippen molar-refractivity contribution in [2.45, 2.75) is 45.4 Å². The zero-order valence-corrected chi connectivity index (χ0v) is 10.4. The summed E-state index contributed by atoms with van der Waals surface area (Å²) in [6.45, 7) is 10.0. The number of nitrogens with two attached hydrogens (primary N) is 1. The Morgan fingerprint density at radius 2 is 2.07 bits per heavy atom. The molecule has 1 heterocycles. The number of rotatable bonds is 2. The van der Waals surface area contributed by atoms with E-state index in [1.54, 1.807) is 0 Å². The normalized spacial score (nSPS) is 30.6. The third kappa shape index (κ3) is 2.55. The Balaban J connectivity index is 2.64. The second-order valence-corrected chi connectivity index (χ2v) is 7.08. The Hall–Kier alpha value is 0.0700. The molecule has 1 aliphatic rings. The van der Waals surface area contributed by atoms with Gasteiger partial charge >= 0.3 is 0 Å². The maximum absolute atomic E-state index is 11.9. The molecule has 0 aromatic heterocycles. The first-order chi connectivity index (χ1) is 6.34. The predicted molar refractivity (Wildman–Crippen MR) is 61.2 cm³/mol. The summed E-state index contributed by atoms with van der Waals surface area (Å²) in [6.07, 6.45) is 0.950. The monoisotopic (exact) mass is 218 g/mol. The Labute approximate surface area is 89.6 Å². The first-order valence-corrected chi connectivity index (χ1v) is 6.43. The van der Waals surface area contributed by atoms with Crippen LogP contribution in [-0.2, 0) is 11.0 Å². The van der Waals surface area contributed by atoms with Crippen LogP contribution in [-0.4, -0.2) is 32.9 Å². The van der Waals surface area contributed by atoms with Crippen molar-refractivity contribution in [3.63, 3.8) is 0 Å². The standard InChI is InChI=1S/C10H22N2OS/c1-8(2)14(13)12-6-5-9(11)10(3,4)7-12/h8-9H,5-7,11H2,1-4H3. The lowest BCUT2D eigenvalue weighted by Gasteiger charge is -2.42. The number of hydrogen-bond donors (Lipinski definition) is 1. The van der Waals surface area contributed by atoms with Crippen molar-refractivity contribution in [2.75, 3.05) is 13.1 Å². The van der Waals surface area contributed by atoms with E-state index in [2.05, 4.69) is 18.2 Å². The van der Waals surface area contributed by atoms with Gasteiger partial charge in [0.2, 0.25) is 0 Å². The molecule has 3 nitrogen and oxygen atoms in total. The van der Waals surface area contributed by atoms with Crippen molar-refractivity contribution < 1.29 is 4.21 Å². The van der Waals surface area contributed by atoms with Crippen molar-refractivity contribution >= 4 is 11.0 Å². The molecular weight excluding hydrogens is 196 g/mol. The van der Waals surface area contributed by atoms with E-state index >= 15 is 0 Å². The zero-order valence-electron chi connectivity index (χ0n) is 9.62. The number of piperidine rings is 1. The summed E-state index contributed by atoms with van der Waals surface area (Å²) in [5.41, 5.74) is 6.11. The van der Waals surface area contributed by atoms with Gasteiger partial charge < -0.3 is 5.73 Å². The molecule has 0 amide bonds. The van der Waals surface area contributed by atoms with Crippen molar-refractivity contribution in [3.8, 4) is 0 Å². The molecule has 1 saturated heterocycles. The second kappa shape index (κ2) is 4.29. The van der Waals surface area contributed by atoms with Crippen molar-refractivity contribution in [2.24, 2.45) is 11.1 Å². The lowest BCUT2D eigenvalue weighted by molar-refractivity contribution is 0.159. The summed E-state index contributed by atoms with van der Waals surface area (Å²) in [5.74, 6) is 0. The molecule has 0 radical (unpaired) electrons. The summed E-state index contributed by atoms with van der Waals surface area (Å²) >= 11 is 0. The lowest BCUT2D eigenvalue weighted by Crippen LogP contribution is -2.53. The first kappa shape index (κ1) is 12.1. The zero-order chi connectivity index (χ0) is 10.9. The van der Waals surface area contributed by atoms with E-state index in [1.807, 2.05) is 13.8 Å². The van der Waals surface area contributed by atoms with Crippen LogP contribution < -0.4 is 5.73 Å². The molecule has 0 saturated carbocycles. The van der Waals surface area contributed by atoms with E-state index in [-0.39, 0.29) is 16.7 Å². The van der Waals surface area contributed by atoms with E-state index in [4.69, 9.17) is 5.73 Å². The van der Waals surface area contributed by atoms with Crippen LogP contribution in [0.5, 0.6) is 0 Å². The van der Waals surface area contributed by atoms with E-state index in [0.717, 1.165) is 19.5 Å². The van der Waals surface area contributed by atoms with Gasteiger partial charge in [-0.25, -0.2) is 8.51 Å². The molecule has 1 rings (SSSR count). The third-order valence-corrected chi connectivity index (χ3v) is 4.56. The summed E-state index contributed by atoms with van der Waals surface area (Å²) in [5, 5.41) is 0.208. The van der Waals surface area contributed by atoms with Gasteiger partial charge in [-0.1, -0.05) is 13.8 Å². The predicted octanol–water partition coefficient (Wildman–Crippen LogP) is 1.12. The third-order valence-electron chi connectivity index (χ3n) is 2.93. The number of nitrogens with zero attached hydrogens (tertiary/aromatic N) is 1. The van der Waals surface area contributed by atoms with Gasteiger partial charge in [-0.3, -0.25) is 0 Å². The maximum Gasteiger partial charge on any atom is 0.0968 e. The summed E-state index contributed by atoms with van der Waals surface area (Å²) in [6, 6.07) is 0.239. The SMILES string of the molecule is CC(C)S(=O)N1CCC(N)C(C)(C)C1. The maximum atomic E-state index is 11.9. The first-order valence-electron chi connectivity index (χ1n) is 5.26. The topological polar surface area (TPSA) is 46.3 Å². The minimum atomic E-state index is -0.842. The van der Waals surface area contributed by atoms with Gasteiger partial charge in [0.1, 0.15) is 0 Å². The molecule has 0 aromatic rings. The van der Waals surface area contributed by atoms with E-state index in [1.165, 1.54) is 0 Å². The van der Waals surface area contributed by atoms with Crippen LogP contribution in [0.3, 0.4) is 0 Å². The summed E-state index contributed by atoms with van der Waals surface area (Å²) < 4.78 is 14.0. The molecular formula is C10H22N2OS. The summed E-state index contributed by atoms with van der Waals surface area (Å²) in [7, 11) is -0.842. The molecule has 4 heteroatoms. The quantitative estimate of drug-likeness (QED) is 0.755. The van der Waals surface area contributed by atoms with Gasteiger partial charge in [-0.15, -0.1) is 0 Å². The largest absolute Gasteiger partial charge is 0.327 e. The molecule has 2 N–H and O–H groups in total. The van der Waals surface area contributed by atoms with Gasteiger partial charge in [0.15, 0.2) is 0 Å². The highest BCUT2D eigenvalue weighted by molar-refractivity contribution is 7.83. The minimum Gasteiger partial charge on any atom is -0.327 e.